The van der Waals surface area contributed by atoms with E-state index in [1.54, 1.807) is 12.1 Å². The summed E-state index contributed by atoms with van der Waals surface area (Å²) >= 11 is 0. The van der Waals surface area contributed by atoms with Gasteiger partial charge in [-0.15, -0.1) is 0 Å². The first-order valence-corrected chi connectivity index (χ1v) is 11.7. The van der Waals surface area contributed by atoms with Crippen LogP contribution in [0.5, 0.6) is 11.5 Å². The lowest BCUT2D eigenvalue weighted by Crippen LogP contribution is -2.55. The fourth-order valence-electron chi connectivity index (χ4n) is 4.66. The number of aliphatic carboxylic acids is 1. The number of carbonyl (C=O) groups excluding carboxylic acids is 2. The number of ether oxygens (including phenoxy) is 1. The van der Waals surface area contributed by atoms with Gasteiger partial charge in [0, 0.05) is 12.8 Å². The van der Waals surface area contributed by atoms with E-state index in [4.69, 9.17) is 4.74 Å². The van der Waals surface area contributed by atoms with Crippen LogP contribution in [0.2, 0.25) is 0 Å². The van der Waals surface area contributed by atoms with E-state index in [2.05, 4.69) is 10.6 Å². The smallest absolute Gasteiger partial charge is 0.326 e. The molecule has 3 N–H and O–H groups in total. The van der Waals surface area contributed by atoms with Gasteiger partial charge in [-0.2, -0.15) is 0 Å². The van der Waals surface area contributed by atoms with Crippen LogP contribution in [-0.4, -0.2) is 35.0 Å². The van der Waals surface area contributed by atoms with Gasteiger partial charge in [0.25, 0.3) is 0 Å². The van der Waals surface area contributed by atoms with E-state index in [1.165, 1.54) is 0 Å². The lowest BCUT2D eigenvalue weighted by molar-refractivity contribution is -0.142. The highest BCUT2D eigenvalue weighted by Crippen LogP contribution is 2.27. The summed E-state index contributed by atoms with van der Waals surface area (Å²) in [5.74, 6) is -0.485. The van der Waals surface area contributed by atoms with E-state index < -0.39 is 24.0 Å². The molecule has 2 unspecified atom stereocenters. The molecule has 7 nitrogen and oxygen atoms in total. The molecule has 2 aromatic carbocycles. The minimum atomic E-state index is -1.11. The summed E-state index contributed by atoms with van der Waals surface area (Å²) in [5.41, 5.74) is 1.74. The normalized spacial score (nSPS) is 22.5. The van der Waals surface area contributed by atoms with Crippen molar-refractivity contribution in [3.05, 3.63) is 59.7 Å². The number of benzene rings is 2. The Morgan fingerprint density at radius 3 is 2.36 bits per heavy atom. The second-order valence-electron chi connectivity index (χ2n) is 8.94. The number of carboxylic acids is 1. The van der Waals surface area contributed by atoms with Crippen molar-refractivity contribution in [3.8, 4) is 11.5 Å². The maximum atomic E-state index is 13.2. The molecular weight excluding hydrogens is 420 g/mol. The lowest BCUT2D eigenvalue weighted by atomic mass is 9.83. The van der Waals surface area contributed by atoms with Crippen molar-refractivity contribution in [2.75, 3.05) is 0 Å². The zero-order valence-electron chi connectivity index (χ0n) is 18.6. The summed E-state index contributed by atoms with van der Waals surface area (Å²) in [4.78, 5) is 37.9. The molecule has 0 aromatic heterocycles. The highest BCUT2D eigenvalue weighted by molar-refractivity contribution is 5.90. The van der Waals surface area contributed by atoms with Gasteiger partial charge in [-0.3, -0.25) is 9.59 Å². The number of carbonyl (C=O) groups is 3. The summed E-state index contributed by atoms with van der Waals surface area (Å²) in [5, 5.41) is 15.4. The molecule has 0 radical (unpaired) electrons. The van der Waals surface area contributed by atoms with Crippen LogP contribution >= 0.6 is 0 Å². The first kappa shape index (κ1) is 22.8. The van der Waals surface area contributed by atoms with Gasteiger partial charge in [0.05, 0.1) is 0 Å². The van der Waals surface area contributed by atoms with Crippen LogP contribution in [0.4, 0.5) is 0 Å². The maximum absolute atomic E-state index is 13.2. The first-order chi connectivity index (χ1) is 16.0. The molecular formula is C26H30N2O5. The molecule has 7 heteroatoms. The summed E-state index contributed by atoms with van der Waals surface area (Å²) in [7, 11) is 0. The number of rotatable bonds is 2. The molecule has 1 aliphatic carbocycles. The number of amides is 2. The molecule has 174 valence electrons. The first-order valence-electron chi connectivity index (χ1n) is 11.7. The Balaban J connectivity index is 1.64. The van der Waals surface area contributed by atoms with Crippen molar-refractivity contribution in [2.45, 2.75) is 63.5 Å². The number of hydrogen-bond acceptors (Lipinski definition) is 4. The van der Waals surface area contributed by atoms with Gasteiger partial charge in [-0.25, -0.2) is 4.79 Å². The van der Waals surface area contributed by atoms with Crippen LogP contribution in [0.3, 0.4) is 0 Å². The Hall–Kier alpha value is -3.35. The third-order valence-electron chi connectivity index (χ3n) is 6.47. The minimum absolute atomic E-state index is 0.00948. The molecule has 1 fully saturated rings. The number of aryl methyl sites for hydroxylation is 1. The van der Waals surface area contributed by atoms with Gasteiger partial charge in [0.2, 0.25) is 11.8 Å². The van der Waals surface area contributed by atoms with E-state index in [1.807, 2.05) is 36.4 Å². The minimum Gasteiger partial charge on any atom is -0.480 e. The maximum Gasteiger partial charge on any atom is 0.326 e. The SMILES string of the molecule is O=C1CCc2ccc(cc2)Oc2cccc(c2)CC(C(=O)O)NC(=O)C(C2CCCCC2)N1. The fraction of sp³-hybridized carbons (Fsp3) is 0.423. The molecule has 0 saturated heterocycles. The zero-order chi connectivity index (χ0) is 23.2. The topological polar surface area (TPSA) is 105 Å². The Bertz CT molecular complexity index is 998. The predicted octanol–water partition coefficient (Wildman–Crippen LogP) is 3.60. The van der Waals surface area contributed by atoms with Crippen LogP contribution in [0.25, 0.3) is 0 Å². The lowest BCUT2D eigenvalue weighted by Gasteiger charge is -2.31. The summed E-state index contributed by atoms with van der Waals surface area (Å²) in [6, 6.07) is 12.9. The van der Waals surface area contributed by atoms with Crippen molar-refractivity contribution in [3.63, 3.8) is 0 Å². The Labute approximate surface area is 193 Å². The van der Waals surface area contributed by atoms with E-state index in [0.29, 0.717) is 17.9 Å². The van der Waals surface area contributed by atoms with Gasteiger partial charge in [-0.1, -0.05) is 43.5 Å². The van der Waals surface area contributed by atoms with Crippen molar-refractivity contribution < 1.29 is 24.2 Å². The molecule has 2 amide bonds. The highest BCUT2D eigenvalue weighted by atomic mass is 16.5. The molecule has 1 saturated carbocycles. The van der Waals surface area contributed by atoms with Crippen molar-refractivity contribution >= 4 is 17.8 Å². The van der Waals surface area contributed by atoms with Gasteiger partial charge >= 0.3 is 5.97 Å². The van der Waals surface area contributed by atoms with Crippen LogP contribution < -0.4 is 15.4 Å². The van der Waals surface area contributed by atoms with Crippen LogP contribution in [0, 0.1) is 5.92 Å². The summed E-state index contributed by atoms with van der Waals surface area (Å²) in [6.07, 6.45) is 5.72. The fourth-order valence-corrected chi connectivity index (χ4v) is 4.66. The van der Waals surface area contributed by atoms with Gasteiger partial charge in [0.15, 0.2) is 0 Å². The molecule has 2 atom stereocenters. The monoisotopic (exact) mass is 450 g/mol. The summed E-state index contributed by atoms with van der Waals surface area (Å²) < 4.78 is 5.92. The largest absolute Gasteiger partial charge is 0.480 e. The quantitative estimate of drug-likeness (QED) is 0.648. The third-order valence-corrected chi connectivity index (χ3v) is 6.47. The average Bonchev–Trinajstić information content (AvgIpc) is 2.82. The summed E-state index contributed by atoms with van der Waals surface area (Å²) in [6.45, 7) is 0. The van der Waals surface area contributed by atoms with Crippen molar-refractivity contribution in [1.29, 1.82) is 0 Å². The van der Waals surface area contributed by atoms with Crippen molar-refractivity contribution in [2.24, 2.45) is 5.92 Å². The molecule has 3 aliphatic rings. The Morgan fingerprint density at radius 2 is 1.64 bits per heavy atom. The van der Waals surface area contributed by atoms with Crippen LogP contribution in [-0.2, 0) is 27.2 Å². The number of fused-ring (bicyclic) bond motifs is 10. The number of hydrogen-bond donors (Lipinski definition) is 3. The number of nitrogens with one attached hydrogen (secondary N) is 2. The standard InChI is InChI=1S/C26H30N2O5/c29-23-14-11-17-9-12-20(13-10-17)33-21-8-4-5-18(15-21)16-22(26(31)32)27-25(30)24(28-23)19-6-2-1-3-7-19/h4-5,8-10,12-13,15,19,22,24H,1-3,6-7,11,14,16H2,(H,27,30)(H,28,29)(H,31,32). The highest BCUT2D eigenvalue weighted by Gasteiger charge is 2.33. The van der Waals surface area contributed by atoms with Gasteiger partial charge in [-0.05, 0) is 60.6 Å². The second kappa shape index (κ2) is 10.5. The van der Waals surface area contributed by atoms with Gasteiger partial charge < -0.3 is 20.5 Å². The van der Waals surface area contributed by atoms with E-state index in [-0.39, 0.29) is 24.7 Å². The van der Waals surface area contributed by atoms with Crippen LogP contribution in [0.15, 0.2) is 48.5 Å². The molecule has 5 rings (SSSR count). The molecule has 33 heavy (non-hydrogen) atoms. The van der Waals surface area contributed by atoms with E-state index in [9.17, 15) is 19.5 Å². The Kier molecular flexibility index (Phi) is 7.27. The third kappa shape index (κ3) is 6.12. The Morgan fingerprint density at radius 1 is 0.879 bits per heavy atom. The van der Waals surface area contributed by atoms with Crippen LogP contribution in [0.1, 0.15) is 49.7 Å². The van der Waals surface area contributed by atoms with Gasteiger partial charge in [0.1, 0.15) is 23.6 Å². The average molecular weight is 451 g/mol. The molecule has 2 aliphatic heterocycles. The molecule has 2 aromatic rings. The number of carboxylic acid groups (broad SMARTS) is 1. The molecule has 0 spiro atoms. The zero-order valence-corrected chi connectivity index (χ0v) is 18.6. The molecule has 2 heterocycles. The second-order valence-corrected chi connectivity index (χ2v) is 8.94. The van der Waals surface area contributed by atoms with E-state index in [0.717, 1.165) is 43.2 Å². The van der Waals surface area contributed by atoms with E-state index >= 15 is 0 Å². The predicted molar refractivity (Wildman–Crippen MR) is 123 cm³/mol. The van der Waals surface area contributed by atoms with Crippen molar-refractivity contribution in [1.82, 2.24) is 10.6 Å². The molecule has 4 bridgehead atoms.